The number of benzene rings is 3. The van der Waals surface area contributed by atoms with Crippen LogP contribution >= 0.6 is 0 Å². The Morgan fingerprint density at radius 2 is 1.58 bits per heavy atom. The summed E-state index contributed by atoms with van der Waals surface area (Å²) in [6.45, 7) is 4.71. The molecule has 2 aliphatic carbocycles. The number of terminal acetylenes is 1. The van der Waals surface area contributed by atoms with Gasteiger partial charge in [0, 0.05) is 11.5 Å². The molecule has 0 bridgehead atoms. The molecule has 0 heteroatoms. The molecule has 3 aromatic carbocycles. The van der Waals surface area contributed by atoms with E-state index >= 15 is 0 Å². The van der Waals surface area contributed by atoms with E-state index in [4.69, 9.17) is 13.0 Å². The fourth-order valence-corrected chi connectivity index (χ4v) is 6.75. The van der Waals surface area contributed by atoms with Crippen molar-refractivity contribution in [3.05, 3.63) is 125 Å². The highest BCUT2D eigenvalue weighted by Crippen LogP contribution is 2.44. The third kappa shape index (κ3) is 6.76. The minimum atomic E-state index is 0.448. The summed E-state index contributed by atoms with van der Waals surface area (Å²) >= 11 is 0. The number of hydrogen-bond donors (Lipinski definition) is 0. The van der Waals surface area contributed by atoms with Crippen molar-refractivity contribution in [2.45, 2.75) is 76.5 Å². The standard InChI is InChI=1S/C38H42/c1-3-30-16-18-32(19-17-30)28-33-20-22-36(23-21-33)38(29(2)14-15-31-10-6-4-7-11-31)37-26-24-35(25-27-37)34-12-8-5-9-13-34/h1,4,6-7,10-12,16-19,24-27,33,36,38H,2,5,8-9,13-15,20-23,28H2. The molecule has 2 aliphatic rings. The summed E-state index contributed by atoms with van der Waals surface area (Å²) in [4.78, 5) is 0. The highest BCUT2D eigenvalue weighted by molar-refractivity contribution is 5.66. The number of aryl methyl sites for hydroxylation is 1. The summed E-state index contributed by atoms with van der Waals surface area (Å²) in [5, 5.41) is 0. The normalized spacial score (nSPS) is 20.2. The maximum atomic E-state index is 5.54. The zero-order valence-electron chi connectivity index (χ0n) is 22.9. The van der Waals surface area contributed by atoms with Gasteiger partial charge >= 0.3 is 0 Å². The molecular formula is C38H42. The third-order valence-electron chi connectivity index (χ3n) is 8.96. The quantitative estimate of drug-likeness (QED) is 0.203. The van der Waals surface area contributed by atoms with Gasteiger partial charge in [-0.1, -0.05) is 90.9 Å². The Kier molecular flexibility index (Phi) is 8.98. The molecule has 0 radical (unpaired) electrons. The van der Waals surface area contributed by atoms with Gasteiger partial charge in [0.2, 0.25) is 0 Å². The summed E-state index contributed by atoms with van der Waals surface area (Å²) in [5.41, 5.74) is 9.64. The van der Waals surface area contributed by atoms with Crippen LogP contribution in [0.1, 0.15) is 91.5 Å². The second kappa shape index (κ2) is 13.0. The molecule has 3 aromatic rings. The number of allylic oxidation sites excluding steroid dienone is 3. The van der Waals surface area contributed by atoms with Crippen molar-refractivity contribution in [3.63, 3.8) is 0 Å². The van der Waals surface area contributed by atoms with Crippen molar-refractivity contribution in [2.75, 3.05) is 0 Å². The lowest BCUT2D eigenvalue weighted by Gasteiger charge is -2.36. The van der Waals surface area contributed by atoms with Crippen molar-refractivity contribution in [1.29, 1.82) is 0 Å². The Labute approximate surface area is 230 Å². The van der Waals surface area contributed by atoms with E-state index in [9.17, 15) is 0 Å². The molecule has 194 valence electrons. The predicted molar refractivity (Wildman–Crippen MR) is 163 cm³/mol. The zero-order valence-corrected chi connectivity index (χ0v) is 22.9. The average Bonchev–Trinajstić information content (AvgIpc) is 2.99. The van der Waals surface area contributed by atoms with Crippen molar-refractivity contribution >= 4 is 5.57 Å². The van der Waals surface area contributed by atoms with Crippen LogP contribution in [0.3, 0.4) is 0 Å². The summed E-state index contributed by atoms with van der Waals surface area (Å²) in [5.74, 6) is 4.63. The molecule has 1 fully saturated rings. The van der Waals surface area contributed by atoms with Gasteiger partial charge in [0.1, 0.15) is 0 Å². The maximum Gasteiger partial charge on any atom is 0.0242 e. The monoisotopic (exact) mass is 498 g/mol. The van der Waals surface area contributed by atoms with Gasteiger partial charge in [0.15, 0.2) is 0 Å². The van der Waals surface area contributed by atoms with Gasteiger partial charge in [0.25, 0.3) is 0 Å². The smallest absolute Gasteiger partial charge is 0.0242 e. The molecule has 5 rings (SSSR count). The fraction of sp³-hybridized carbons (Fsp3) is 0.368. The second-order valence-electron chi connectivity index (χ2n) is 11.5. The van der Waals surface area contributed by atoms with Crippen molar-refractivity contribution in [3.8, 4) is 12.3 Å². The first-order valence-corrected chi connectivity index (χ1v) is 14.8. The van der Waals surface area contributed by atoms with Gasteiger partial charge in [0.05, 0.1) is 0 Å². The minimum Gasteiger partial charge on any atom is -0.115 e. The van der Waals surface area contributed by atoms with Gasteiger partial charge in [-0.05, 0) is 122 Å². The predicted octanol–water partition coefficient (Wildman–Crippen LogP) is 9.95. The van der Waals surface area contributed by atoms with E-state index in [1.54, 1.807) is 0 Å². The molecule has 0 heterocycles. The summed E-state index contributed by atoms with van der Waals surface area (Å²) in [6, 6.07) is 29.1. The first kappa shape index (κ1) is 26.3. The topological polar surface area (TPSA) is 0 Å². The van der Waals surface area contributed by atoms with E-state index in [1.165, 1.54) is 91.2 Å². The zero-order chi connectivity index (χ0) is 26.2. The molecule has 1 saturated carbocycles. The van der Waals surface area contributed by atoms with Crippen LogP contribution in [-0.4, -0.2) is 0 Å². The molecule has 1 atom stereocenters. The second-order valence-corrected chi connectivity index (χ2v) is 11.5. The molecular weight excluding hydrogens is 456 g/mol. The van der Waals surface area contributed by atoms with Gasteiger partial charge in [-0.25, -0.2) is 0 Å². The van der Waals surface area contributed by atoms with E-state index in [1.807, 2.05) is 0 Å². The van der Waals surface area contributed by atoms with Crippen LogP contribution in [0.15, 0.2) is 97.1 Å². The van der Waals surface area contributed by atoms with Crippen LogP contribution in [0.4, 0.5) is 0 Å². The Morgan fingerprint density at radius 1 is 0.842 bits per heavy atom. The molecule has 0 amide bonds. The molecule has 0 nitrogen and oxygen atoms in total. The van der Waals surface area contributed by atoms with E-state index in [0.717, 1.165) is 24.3 Å². The maximum absolute atomic E-state index is 5.54. The van der Waals surface area contributed by atoms with E-state index < -0.39 is 0 Å². The van der Waals surface area contributed by atoms with Crippen molar-refractivity contribution in [2.24, 2.45) is 11.8 Å². The van der Waals surface area contributed by atoms with E-state index in [0.29, 0.717) is 11.8 Å². The van der Waals surface area contributed by atoms with Crippen LogP contribution in [0.5, 0.6) is 0 Å². The Balaban J connectivity index is 1.28. The third-order valence-corrected chi connectivity index (χ3v) is 8.96. The highest BCUT2D eigenvalue weighted by Gasteiger charge is 2.30. The largest absolute Gasteiger partial charge is 0.115 e. The molecule has 0 saturated heterocycles. The molecule has 0 spiro atoms. The van der Waals surface area contributed by atoms with Crippen molar-refractivity contribution < 1.29 is 0 Å². The molecule has 0 aliphatic heterocycles. The van der Waals surface area contributed by atoms with Gasteiger partial charge in [-0.3, -0.25) is 0 Å². The van der Waals surface area contributed by atoms with E-state index in [-0.39, 0.29) is 0 Å². The van der Waals surface area contributed by atoms with Crippen molar-refractivity contribution in [1.82, 2.24) is 0 Å². The lowest BCUT2D eigenvalue weighted by molar-refractivity contribution is 0.252. The van der Waals surface area contributed by atoms with Crippen LogP contribution in [0.25, 0.3) is 5.57 Å². The van der Waals surface area contributed by atoms with Gasteiger partial charge in [-0.15, -0.1) is 6.42 Å². The molecule has 0 N–H and O–H groups in total. The highest BCUT2D eigenvalue weighted by atomic mass is 14.3. The van der Waals surface area contributed by atoms with Crippen LogP contribution in [-0.2, 0) is 12.8 Å². The van der Waals surface area contributed by atoms with Crippen LogP contribution in [0, 0.1) is 24.2 Å². The lowest BCUT2D eigenvalue weighted by Crippen LogP contribution is -2.23. The van der Waals surface area contributed by atoms with Gasteiger partial charge in [-0.2, -0.15) is 0 Å². The Morgan fingerprint density at radius 3 is 2.24 bits per heavy atom. The molecule has 38 heavy (non-hydrogen) atoms. The first-order valence-electron chi connectivity index (χ1n) is 14.8. The van der Waals surface area contributed by atoms with Crippen LogP contribution in [0.2, 0.25) is 0 Å². The first-order chi connectivity index (χ1) is 18.7. The van der Waals surface area contributed by atoms with E-state index in [2.05, 4.69) is 90.9 Å². The number of rotatable bonds is 9. The SMILES string of the molecule is C#Cc1ccc(CC2CCC(C(C(=C)CCc3ccccc3)c3ccc(C4=CCCCC4)cc3)CC2)cc1. The minimum absolute atomic E-state index is 0.448. The Hall–Kier alpha value is -3.30. The lowest BCUT2D eigenvalue weighted by atomic mass is 9.69. The Bertz CT molecular complexity index is 1240. The summed E-state index contributed by atoms with van der Waals surface area (Å²) < 4.78 is 0. The van der Waals surface area contributed by atoms with Crippen LogP contribution < -0.4 is 0 Å². The molecule has 1 unspecified atom stereocenters. The molecule has 0 aromatic heterocycles. The van der Waals surface area contributed by atoms with Gasteiger partial charge < -0.3 is 0 Å². The number of hydrogen-bond acceptors (Lipinski definition) is 0. The fourth-order valence-electron chi connectivity index (χ4n) is 6.75. The summed E-state index contributed by atoms with van der Waals surface area (Å²) in [7, 11) is 0. The average molecular weight is 499 g/mol. The summed E-state index contributed by atoms with van der Waals surface area (Å²) in [6.07, 6.45) is 21.6.